The molecule has 1 unspecified atom stereocenters. The average Bonchev–Trinajstić information content (AvgIpc) is 2.34. The highest BCUT2D eigenvalue weighted by molar-refractivity contribution is 6.04. The molecule has 1 atom stereocenters. The van der Waals surface area contributed by atoms with Gasteiger partial charge in [-0.05, 0) is 0 Å². The number of amides is 2. The van der Waals surface area contributed by atoms with Gasteiger partial charge in [0.2, 0.25) is 0 Å². The van der Waals surface area contributed by atoms with Crippen molar-refractivity contribution in [1.29, 1.82) is 0 Å². The number of ether oxygens (including phenoxy) is 1. The van der Waals surface area contributed by atoms with Crippen molar-refractivity contribution in [2.75, 3.05) is 0 Å². The van der Waals surface area contributed by atoms with Crippen LogP contribution >= 0.6 is 0 Å². The number of rotatable bonds is 2. The predicted octanol–water partition coefficient (Wildman–Crippen LogP) is -0.768. The summed E-state index contributed by atoms with van der Waals surface area (Å²) < 4.78 is 4.48. The molecule has 1 heterocycles. The van der Waals surface area contributed by atoms with Crippen molar-refractivity contribution in [3.8, 4) is 0 Å². The first kappa shape index (κ1) is 9.40. The standard InChI is InChI=1S/C7H7NO5/c1-2-6(10)13-4-3-5(9)8(12)7(4)11/h2,4,12H,1,3H2. The van der Waals surface area contributed by atoms with Crippen LogP contribution in [0.2, 0.25) is 0 Å². The quantitative estimate of drug-likeness (QED) is 0.264. The zero-order valence-electron chi connectivity index (χ0n) is 6.60. The highest BCUT2D eigenvalue weighted by Crippen LogP contribution is 2.13. The van der Waals surface area contributed by atoms with Gasteiger partial charge in [0.1, 0.15) is 0 Å². The number of esters is 1. The Kier molecular flexibility index (Phi) is 2.43. The fraction of sp³-hybridized carbons (Fsp3) is 0.286. The van der Waals surface area contributed by atoms with Gasteiger partial charge >= 0.3 is 5.97 Å². The zero-order valence-corrected chi connectivity index (χ0v) is 6.60. The van der Waals surface area contributed by atoms with E-state index in [2.05, 4.69) is 11.3 Å². The minimum Gasteiger partial charge on any atom is -0.448 e. The van der Waals surface area contributed by atoms with Gasteiger partial charge in [-0.1, -0.05) is 6.58 Å². The Morgan fingerprint density at radius 3 is 2.69 bits per heavy atom. The molecule has 1 aliphatic heterocycles. The van der Waals surface area contributed by atoms with Gasteiger partial charge in [0.25, 0.3) is 11.8 Å². The van der Waals surface area contributed by atoms with Crippen LogP contribution in [-0.2, 0) is 19.1 Å². The van der Waals surface area contributed by atoms with Crippen LogP contribution in [0.15, 0.2) is 12.7 Å². The third kappa shape index (κ3) is 1.73. The van der Waals surface area contributed by atoms with Gasteiger partial charge in [-0.25, -0.2) is 4.79 Å². The van der Waals surface area contributed by atoms with Crippen LogP contribution in [0, 0.1) is 0 Å². The number of hydroxylamine groups is 2. The van der Waals surface area contributed by atoms with Crippen LogP contribution in [0.5, 0.6) is 0 Å². The Morgan fingerprint density at radius 2 is 2.31 bits per heavy atom. The van der Waals surface area contributed by atoms with Gasteiger partial charge in [0, 0.05) is 6.08 Å². The lowest BCUT2D eigenvalue weighted by Gasteiger charge is -2.06. The minimum atomic E-state index is -1.22. The second-order valence-corrected chi connectivity index (χ2v) is 2.38. The van der Waals surface area contributed by atoms with E-state index >= 15 is 0 Å². The molecule has 0 aromatic carbocycles. The molecular weight excluding hydrogens is 178 g/mol. The summed E-state index contributed by atoms with van der Waals surface area (Å²) in [5.74, 6) is -2.52. The van der Waals surface area contributed by atoms with E-state index in [1.165, 1.54) is 0 Å². The fourth-order valence-electron chi connectivity index (χ4n) is 0.872. The molecule has 1 N–H and O–H groups in total. The summed E-state index contributed by atoms with van der Waals surface area (Å²) in [4.78, 5) is 32.2. The maximum Gasteiger partial charge on any atom is 0.330 e. The molecule has 70 valence electrons. The monoisotopic (exact) mass is 185 g/mol. The number of hydrogen-bond donors (Lipinski definition) is 1. The first-order valence-corrected chi connectivity index (χ1v) is 3.45. The lowest BCUT2D eigenvalue weighted by Crippen LogP contribution is -2.30. The summed E-state index contributed by atoms with van der Waals surface area (Å²) in [5, 5.41) is 8.68. The van der Waals surface area contributed by atoms with E-state index in [0.29, 0.717) is 0 Å². The largest absolute Gasteiger partial charge is 0.448 e. The molecule has 6 heteroatoms. The summed E-state index contributed by atoms with van der Waals surface area (Å²) in [6, 6.07) is 0. The van der Waals surface area contributed by atoms with Gasteiger partial charge in [0.15, 0.2) is 6.10 Å². The topological polar surface area (TPSA) is 83.9 Å². The van der Waals surface area contributed by atoms with Gasteiger partial charge in [-0.2, -0.15) is 5.06 Å². The van der Waals surface area contributed by atoms with E-state index in [1.807, 2.05) is 0 Å². The summed E-state index contributed by atoms with van der Waals surface area (Å²) in [6.07, 6.45) is -0.671. The van der Waals surface area contributed by atoms with E-state index < -0.39 is 23.9 Å². The fourth-order valence-corrected chi connectivity index (χ4v) is 0.872. The Hall–Kier alpha value is -1.69. The maximum atomic E-state index is 10.9. The third-order valence-corrected chi connectivity index (χ3v) is 1.51. The summed E-state index contributed by atoms with van der Waals surface area (Å²) in [5.41, 5.74) is 0. The van der Waals surface area contributed by atoms with Gasteiger partial charge in [0.05, 0.1) is 6.42 Å². The zero-order chi connectivity index (χ0) is 10.0. The Balaban J connectivity index is 2.64. The predicted molar refractivity (Wildman–Crippen MR) is 38.3 cm³/mol. The SMILES string of the molecule is C=CC(=O)OC1CC(=O)N(O)C1=O. The molecule has 0 radical (unpaired) electrons. The van der Waals surface area contributed by atoms with Crippen LogP contribution in [0.25, 0.3) is 0 Å². The van der Waals surface area contributed by atoms with Crippen LogP contribution in [0.3, 0.4) is 0 Å². The molecule has 1 saturated heterocycles. The molecule has 13 heavy (non-hydrogen) atoms. The lowest BCUT2D eigenvalue weighted by molar-refractivity contribution is -0.175. The highest BCUT2D eigenvalue weighted by atomic mass is 16.6. The maximum absolute atomic E-state index is 10.9. The number of carbonyl (C=O) groups is 3. The lowest BCUT2D eigenvalue weighted by atomic mass is 10.3. The normalized spacial score (nSPS) is 21.9. The molecule has 1 aliphatic rings. The summed E-state index contributed by atoms with van der Waals surface area (Å²) in [7, 11) is 0. The highest BCUT2D eigenvalue weighted by Gasteiger charge is 2.40. The number of carbonyl (C=O) groups excluding carboxylic acids is 3. The molecule has 1 fully saturated rings. The average molecular weight is 185 g/mol. The van der Waals surface area contributed by atoms with E-state index in [0.717, 1.165) is 6.08 Å². The molecule has 0 aromatic rings. The Morgan fingerprint density at radius 1 is 1.69 bits per heavy atom. The van der Waals surface area contributed by atoms with Crippen molar-refractivity contribution in [3.05, 3.63) is 12.7 Å². The summed E-state index contributed by atoms with van der Waals surface area (Å²) >= 11 is 0. The minimum absolute atomic E-state index is 0.0545. The van der Waals surface area contributed by atoms with Crippen molar-refractivity contribution in [2.24, 2.45) is 0 Å². The van der Waals surface area contributed by atoms with Crippen molar-refractivity contribution in [2.45, 2.75) is 12.5 Å². The van der Waals surface area contributed by atoms with Crippen LogP contribution < -0.4 is 0 Å². The molecule has 2 amide bonds. The van der Waals surface area contributed by atoms with E-state index in [9.17, 15) is 14.4 Å². The van der Waals surface area contributed by atoms with Crippen molar-refractivity contribution in [3.63, 3.8) is 0 Å². The van der Waals surface area contributed by atoms with Crippen LogP contribution in [0.4, 0.5) is 0 Å². The first-order valence-electron chi connectivity index (χ1n) is 3.45. The second kappa shape index (κ2) is 3.36. The van der Waals surface area contributed by atoms with Gasteiger partial charge < -0.3 is 4.74 Å². The number of nitrogens with zero attached hydrogens (tertiary/aromatic N) is 1. The molecular formula is C7H7NO5. The number of hydrogen-bond acceptors (Lipinski definition) is 5. The Labute approximate surface area is 73.3 Å². The van der Waals surface area contributed by atoms with E-state index in [-0.39, 0.29) is 11.5 Å². The van der Waals surface area contributed by atoms with Crippen LogP contribution in [-0.4, -0.2) is 34.2 Å². The van der Waals surface area contributed by atoms with E-state index in [4.69, 9.17) is 5.21 Å². The molecule has 1 rings (SSSR count). The summed E-state index contributed by atoms with van der Waals surface area (Å²) in [6.45, 7) is 3.12. The van der Waals surface area contributed by atoms with Crippen LogP contribution in [0.1, 0.15) is 6.42 Å². The molecule has 0 aromatic heterocycles. The van der Waals surface area contributed by atoms with Gasteiger partial charge in [-0.3, -0.25) is 14.8 Å². The third-order valence-electron chi connectivity index (χ3n) is 1.51. The smallest absolute Gasteiger partial charge is 0.330 e. The van der Waals surface area contributed by atoms with Crippen molar-refractivity contribution >= 4 is 17.8 Å². The van der Waals surface area contributed by atoms with Crippen molar-refractivity contribution in [1.82, 2.24) is 5.06 Å². The first-order chi connectivity index (χ1) is 6.06. The van der Waals surface area contributed by atoms with Crippen molar-refractivity contribution < 1.29 is 24.3 Å². The molecule has 6 nitrogen and oxygen atoms in total. The molecule has 0 spiro atoms. The number of imide groups is 1. The molecule has 0 saturated carbocycles. The molecule has 0 aliphatic carbocycles. The van der Waals surface area contributed by atoms with E-state index in [1.54, 1.807) is 0 Å². The molecule has 0 bridgehead atoms. The second-order valence-electron chi connectivity index (χ2n) is 2.38. The Bertz CT molecular complexity index is 285. The van der Waals surface area contributed by atoms with Gasteiger partial charge in [-0.15, -0.1) is 0 Å².